The average molecular weight is 510 g/mol. The van der Waals surface area contributed by atoms with Gasteiger partial charge in [0.1, 0.15) is 5.75 Å². The van der Waals surface area contributed by atoms with Crippen LogP contribution in [-0.2, 0) is 6.61 Å². The molecule has 1 heterocycles. The highest BCUT2D eigenvalue weighted by molar-refractivity contribution is 6.32. The zero-order valence-electron chi connectivity index (χ0n) is 21.5. The maximum Gasteiger partial charge on any atom is 0.166 e. The molecule has 0 aliphatic heterocycles. The van der Waals surface area contributed by atoms with Crippen LogP contribution >= 0.6 is 11.6 Å². The van der Waals surface area contributed by atoms with Crippen molar-refractivity contribution in [3.05, 3.63) is 52.7 Å². The van der Waals surface area contributed by atoms with Crippen molar-refractivity contribution in [2.45, 2.75) is 64.6 Å². The predicted molar refractivity (Wildman–Crippen MR) is 147 cm³/mol. The Morgan fingerprint density at radius 2 is 1.86 bits per heavy atom. The number of ketones is 1. The number of halogens is 1. The van der Waals surface area contributed by atoms with Crippen LogP contribution in [0.1, 0.15) is 61.9 Å². The average Bonchev–Trinajstić information content (AvgIpc) is 2.85. The number of aliphatic hydroxyl groups is 1. The van der Waals surface area contributed by atoms with Crippen LogP contribution in [0.25, 0.3) is 22.0 Å². The number of anilines is 1. The molecule has 0 unspecified atom stereocenters. The first-order valence-corrected chi connectivity index (χ1v) is 13.1. The molecule has 36 heavy (non-hydrogen) atoms. The maximum absolute atomic E-state index is 13.3. The van der Waals surface area contributed by atoms with E-state index >= 15 is 0 Å². The van der Waals surface area contributed by atoms with Crippen LogP contribution < -0.4 is 5.32 Å². The van der Waals surface area contributed by atoms with Crippen molar-refractivity contribution >= 4 is 34.0 Å². The van der Waals surface area contributed by atoms with Crippen molar-refractivity contribution in [2.75, 3.05) is 19.4 Å². The van der Waals surface area contributed by atoms with Crippen molar-refractivity contribution in [1.29, 1.82) is 0 Å². The van der Waals surface area contributed by atoms with Crippen LogP contribution in [0.4, 0.5) is 5.69 Å². The third kappa shape index (κ3) is 5.66. The number of rotatable bonds is 8. The Balaban J connectivity index is 1.79. The van der Waals surface area contributed by atoms with Gasteiger partial charge in [0.25, 0.3) is 0 Å². The van der Waals surface area contributed by atoms with Gasteiger partial charge < -0.3 is 20.4 Å². The molecule has 4 rings (SSSR count). The number of pyridine rings is 1. The van der Waals surface area contributed by atoms with Crippen LogP contribution in [0, 0.1) is 5.92 Å². The predicted octanol–water partition coefficient (Wildman–Crippen LogP) is 6.27. The summed E-state index contributed by atoms with van der Waals surface area (Å²) >= 11 is 6.24. The zero-order valence-corrected chi connectivity index (χ0v) is 22.3. The molecule has 3 aromatic rings. The van der Waals surface area contributed by atoms with E-state index in [1.165, 1.54) is 0 Å². The summed E-state index contributed by atoms with van der Waals surface area (Å²) in [7, 11) is 4.27. The summed E-state index contributed by atoms with van der Waals surface area (Å²) in [6, 6.07) is 10.2. The minimum atomic E-state index is -0.315. The topological polar surface area (TPSA) is 85.7 Å². The first kappa shape index (κ1) is 26.4. The third-order valence-electron chi connectivity index (χ3n) is 7.18. The number of Topliss-reactive ketones (excluding diaryl/α,β-unsaturated/α-hetero) is 1. The number of fused-ring (bicyclic) bond motifs is 1. The lowest BCUT2D eigenvalue weighted by Crippen LogP contribution is -2.36. The molecule has 1 fully saturated rings. The highest BCUT2D eigenvalue weighted by atomic mass is 35.5. The van der Waals surface area contributed by atoms with Crippen LogP contribution in [0.15, 0.2) is 36.5 Å². The molecule has 0 atom stereocenters. The number of hydrogen-bond acceptors (Lipinski definition) is 6. The Morgan fingerprint density at radius 1 is 1.14 bits per heavy atom. The quantitative estimate of drug-likeness (QED) is 0.310. The van der Waals surface area contributed by atoms with Gasteiger partial charge in [-0.05, 0) is 81.1 Å². The van der Waals surface area contributed by atoms with E-state index in [9.17, 15) is 15.0 Å². The molecule has 1 aliphatic rings. The van der Waals surface area contributed by atoms with Crippen LogP contribution in [0.2, 0.25) is 5.02 Å². The second-order valence-corrected chi connectivity index (χ2v) is 10.9. The molecule has 1 saturated carbocycles. The molecule has 1 aromatic heterocycles. The molecule has 1 aliphatic carbocycles. The molecule has 2 aromatic carbocycles. The number of carbonyl (C=O) groups is 1. The SMILES string of the molecule is CC(C)CC(=O)c1cnc2ccc(-c3cc(Cl)c(O)c(CO)c3)cc2c1NC1CCC(N(C)C)CC1. The van der Waals surface area contributed by atoms with Crippen LogP contribution in [0.5, 0.6) is 5.75 Å². The first-order chi connectivity index (χ1) is 17.2. The summed E-state index contributed by atoms with van der Waals surface area (Å²) in [6.45, 7) is 3.78. The molecule has 6 nitrogen and oxygen atoms in total. The molecule has 3 N–H and O–H groups in total. The highest BCUT2D eigenvalue weighted by Gasteiger charge is 2.25. The standard InChI is InChI=1S/C29H36ClN3O3/c1-17(2)11-27(35)24-15-31-26-10-5-18(19-12-20(16-34)29(36)25(30)14-19)13-23(26)28(24)32-21-6-8-22(9-7-21)33(3)4/h5,10,12-15,17,21-22,34,36H,6-9,11,16H2,1-4H3,(H,31,32). The van der Waals surface area contributed by atoms with Crippen molar-refractivity contribution in [1.82, 2.24) is 9.88 Å². The van der Waals surface area contributed by atoms with E-state index in [4.69, 9.17) is 11.6 Å². The molecule has 7 heteroatoms. The van der Waals surface area contributed by atoms with Gasteiger partial charge in [-0.25, -0.2) is 0 Å². The Hall–Kier alpha value is -2.67. The number of phenols is 1. The fourth-order valence-corrected chi connectivity index (χ4v) is 5.34. The Labute approximate surface area is 218 Å². The fraction of sp³-hybridized carbons (Fsp3) is 0.448. The van der Waals surface area contributed by atoms with E-state index in [0.29, 0.717) is 23.6 Å². The summed E-state index contributed by atoms with van der Waals surface area (Å²) in [5.41, 5.74) is 4.29. The van der Waals surface area contributed by atoms with E-state index in [0.717, 1.165) is 53.4 Å². The van der Waals surface area contributed by atoms with Gasteiger partial charge in [0.15, 0.2) is 5.78 Å². The second-order valence-electron chi connectivity index (χ2n) is 10.5. The molecular weight excluding hydrogens is 474 g/mol. The van der Waals surface area contributed by atoms with Gasteiger partial charge in [-0.1, -0.05) is 31.5 Å². The smallest absolute Gasteiger partial charge is 0.166 e. The van der Waals surface area contributed by atoms with Crippen molar-refractivity contribution in [3.8, 4) is 16.9 Å². The van der Waals surface area contributed by atoms with E-state index in [-0.39, 0.29) is 35.1 Å². The first-order valence-electron chi connectivity index (χ1n) is 12.7. The summed E-state index contributed by atoms with van der Waals surface area (Å²) in [4.78, 5) is 20.2. The molecule has 0 bridgehead atoms. The lowest BCUT2D eigenvalue weighted by Gasteiger charge is -2.34. The van der Waals surface area contributed by atoms with Gasteiger partial charge in [0.05, 0.1) is 28.4 Å². The van der Waals surface area contributed by atoms with Crippen molar-refractivity contribution in [3.63, 3.8) is 0 Å². The lowest BCUT2D eigenvalue weighted by molar-refractivity contribution is 0.0968. The molecule has 192 valence electrons. The summed E-state index contributed by atoms with van der Waals surface area (Å²) in [5, 5.41) is 24.6. The van der Waals surface area contributed by atoms with E-state index in [1.54, 1.807) is 18.3 Å². The zero-order chi connectivity index (χ0) is 26.0. The number of aromatic nitrogens is 1. The lowest BCUT2D eigenvalue weighted by atomic mass is 9.89. The number of aromatic hydroxyl groups is 1. The van der Waals surface area contributed by atoms with Gasteiger partial charge in [0.2, 0.25) is 0 Å². The molecule has 0 radical (unpaired) electrons. The monoisotopic (exact) mass is 509 g/mol. The van der Waals surface area contributed by atoms with Crippen LogP contribution in [0.3, 0.4) is 0 Å². The normalized spacial score (nSPS) is 18.2. The van der Waals surface area contributed by atoms with Crippen molar-refractivity contribution < 1.29 is 15.0 Å². The minimum absolute atomic E-state index is 0.0875. The van der Waals surface area contributed by atoms with E-state index in [2.05, 4.69) is 29.3 Å². The highest BCUT2D eigenvalue weighted by Crippen LogP contribution is 2.37. The summed E-state index contributed by atoms with van der Waals surface area (Å²) < 4.78 is 0. The summed E-state index contributed by atoms with van der Waals surface area (Å²) in [5.74, 6) is 0.228. The summed E-state index contributed by atoms with van der Waals surface area (Å²) in [6.07, 6.45) is 6.48. The minimum Gasteiger partial charge on any atom is -0.506 e. The number of aliphatic hydroxyl groups excluding tert-OH is 1. The second kappa shape index (κ2) is 11.2. The Kier molecular flexibility index (Phi) is 8.18. The van der Waals surface area contributed by atoms with Gasteiger partial charge in [0, 0.05) is 35.7 Å². The van der Waals surface area contributed by atoms with Gasteiger partial charge in [-0.2, -0.15) is 0 Å². The Bertz CT molecular complexity index is 1250. The number of hydrogen-bond donors (Lipinski definition) is 3. The van der Waals surface area contributed by atoms with Gasteiger partial charge >= 0.3 is 0 Å². The van der Waals surface area contributed by atoms with Gasteiger partial charge in [-0.3, -0.25) is 9.78 Å². The molecule has 0 saturated heterocycles. The molecule has 0 amide bonds. The number of benzene rings is 2. The Morgan fingerprint density at radius 3 is 2.50 bits per heavy atom. The number of nitrogens with zero attached hydrogens (tertiary/aromatic N) is 2. The fourth-order valence-electron chi connectivity index (χ4n) is 5.10. The molecule has 0 spiro atoms. The largest absolute Gasteiger partial charge is 0.506 e. The van der Waals surface area contributed by atoms with Gasteiger partial charge in [-0.15, -0.1) is 0 Å². The number of carbonyl (C=O) groups excluding carboxylic acids is 1. The van der Waals surface area contributed by atoms with Crippen LogP contribution in [-0.4, -0.2) is 52.1 Å². The number of nitrogens with one attached hydrogen (secondary N) is 1. The maximum atomic E-state index is 13.3. The van der Waals surface area contributed by atoms with E-state index in [1.807, 2.05) is 32.0 Å². The van der Waals surface area contributed by atoms with E-state index < -0.39 is 0 Å². The van der Waals surface area contributed by atoms with Crippen molar-refractivity contribution in [2.24, 2.45) is 5.92 Å². The third-order valence-corrected chi connectivity index (χ3v) is 7.47. The molecular formula is C29H36ClN3O3.